The van der Waals surface area contributed by atoms with Crippen molar-refractivity contribution in [3.63, 3.8) is 0 Å². The summed E-state index contributed by atoms with van der Waals surface area (Å²) in [6.07, 6.45) is 5.12. The van der Waals surface area contributed by atoms with Gasteiger partial charge in [-0.3, -0.25) is 4.79 Å². The third-order valence-corrected chi connectivity index (χ3v) is 6.83. The van der Waals surface area contributed by atoms with Gasteiger partial charge in [0.15, 0.2) is 0 Å². The number of esters is 1. The highest BCUT2D eigenvalue weighted by molar-refractivity contribution is 5.86. The van der Waals surface area contributed by atoms with Gasteiger partial charge in [0.05, 0.1) is 12.1 Å². The first-order valence-corrected chi connectivity index (χ1v) is 13.4. The van der Waals surface area contributed by atoms with Crippen molar-refractivity contribution >= 4 is 16.9 Å². The number of rotatable bonds is 11. The fourth-order valence-electron chi connectivity index (χ4n) is 4.77. The third-order valence-electron chi connectivity index (χ3n) is 6.83. The van der Waals surface area contributed by atoms with Crippen molar-refractivity contribution in [1.29, 1.82) is 0 Å². The molecule has 5 rings (SSSR count). The van der Waals surface area contributed by atoms with Gasteiger partial charge < -0.3 is 14.0 Å². The lowest BCUT2D eigenvalue weighted by Gasteiger charge is -2.09. The van der Waals surface area contributed by atoms with Crippen molar-refractivity contribution in [1.82, 2.24) is 4.57 Å². The molecule has 4 aromatic carbocycles. The summed E-state index contributed by atoms with van der Waals surface area (Å²) in [5.74, 6) is 0.196. The molecule has 1 heterocycles. The predicted molar refractivity (Wildman–Crippen MR) is 153 cm³/mol. The summed E-state index contributed by atoms with van der Waals surface area (Å²) in [4.78, 5) is 11.9. The van der Waals surface area contributed by atoms with Crippen LogP contribution in [0.15, 0.2) is 103 Å². The number of carbonyl (C=O) groups is 1. The summed E-state index contributed by atoms with van der Waals surface area (Å²) in [6, 6.07) is 31.4. The Morgan fingerprint density at radius 3 is 2.28 bits per heavy atom. The molecule has 0 fully saturated rings. The van der Waals surface area contributed by atoms with E-state index in [1.165, 1.54) is 28.6 Å². The Kier molecular flexibility index (Phi) is 8.37. The molecule has 39 heavy (non-hydrogen) atoms. The Labute approximate surface area is 228 Å². The van der Waals surface area contributed by atoms with Crippen LogP contribution in [0.1, 0.15) is 35.6 Å². The van der Waals surface area contributed by atoms with Crippen molar-refractivity contribution in [3.8, 4) is 11.4 Å². The van der Waals surface area contributed by atoms with E-state index in [4.69, 9.17) is 9.47 Å². The molecule has 5 heteroatoms. The molecule has 0 aliphatic heterocycles. The highest BCUT2D eigenvalue weighted by atomic mass is 19.1. The summed E-state index contributed by atoms with van der Waals surface area (Å²) in [7, 11) is 0. The molecule has 0 spiro atoms. The van der Waals surface area contributed by atoms with E-state index in [1.54, 1.807) is 12.1 Å². The molecular weight excluding hydrogens is 489 g/mol. The maximum atomic E-state index is 13.1. The number of hydrogen-bond donors (Lipinski definition) is 0. The van der Waals surface area contributed by atoms with E-state index in [1.807, 2.05) is 13.0 Å². The number of nitrogens with zero attached hydrogens (tertiary/aromatic N) is 1. The number of benzene rings is 4. The molecule has 5 aromatic rings. The van der Waals surface area contributed by atoms with Gasteiger partial charge in [0.25, 0.3) is 0 Å². The third kappa shape index (κ3) is 6.74. The zero-order valence-electron chi connectivity index (χ0n) is 22.1. The summed E-state index contributed by atoms with van der Waals surface area (Å²) in [6.45, 7) is 2.64. The Bertz CT molecular complexity index is 1520. The monoisotopic (exact) mass is 521 g/mol. The Morgan fingerprint density at radius 1 is 0.795 bits per heavy atom. The van der Waals surface area contributed by atoms with E-state index in [2.05, 4.69) is 77.5 Å². The van der Waals surface area contributed by atoms with Crippen molar-refractivity contribution in [3.05, 3.63) is 131 Å². The van der Waals surface area contributed by atoms with Crippen LogP contribution >= 0.6 is 0 Å². The fraction of sp³-hybridized carbons (Fsp3) is 0.206. The van der Waals surface area contributed by atoms with Crippen molar-refractivity contribution in [2.75, 3.05) is 6.61 Å². The summed E-state index contributed by atoms with van der Waals surface area (Å²) < 4.78 is 26.3. The smallest absolute Gasteiger partial charge is 0.306 e. The molecule has 0 radical (unpaired) electrons. The van der Waals surface area contributed by atoms with Gasteiger partial charge in [0.2, 0.25) is 0 Å². The number of carbonyl (C=O) groups excluding carboxylic acids is 1. The van der Waals surface area contributed by atoms with Crippen molar-refractivity contribution in [2.24, 2.45) is 0 Å². The maximum Gasteiger partial charge on any atom is 0.306 e. The average Bonchev–Trinajstić information content (AvgIpc) is 3.33. The van der Waals surface area contributed by atoms with Gasteiger partial charge in [0, 0.05) is 23.7 Å². The number of ether oxygens (including phenoxy) is 2. The standard InChI is InChI=1S/C34H32FNO3/c1-2-38-34(37)21-12-26-11-20-33-32(22-26)28(13-8-25-6-4-3-5-7-25)23-36(33)30-16-9-27(10-17-30)24-39-31-18-14-29(35)15-19-31/h3-7,9-11,14-20,22-23H,2,8,12-13,21,24H2,1H3. The molecule has 0 saturated carbocycles. The number of aryl methyl sites for hydroxylation is 3. The summed E-state index contributed by atoms with van der Waals surface area (Å²) in [5, 5.41) is 1.20. The quantitative estimate of drug-likeness (QED) is 0.168. The van der Waals surface area contributed by atoms with Gasteiger partial charge in [-0.25, -0.2) is 4.39 Å². The van der Waals surface area contributed by atoms with Gasteiger partial charge in [-0.1, -0.05) is 48.5 Å². The summed E-state index contributed by atoms with van der Waals surface area (Å²) in [5.41, 5.74) is 6.94. The first kappa shape index (κ1) is 26.2. The van der Waals surface area contributed by atoms with Gasteiger partial charge in [0.1, 0.15) is 18.2 Å². The molecule has 0 saturated heterocycles. The van der Waals surface area contributed by atoms with Crippen LogP contribution in [0.5, 0.6) is 5.75 Å². The molecule has 0 bridgehead atoms. The lowest BCUT2D eigenvalue weighted by atomic mass is 10.0. The molecule has 0 aliphatic rings. The highest BCUT2D eigenvalue weighted by Crippen LogP contribution is 2.28. The molecule has 0 aliphatic carbocycles. The Balaban J connectivity index is 1.38. The maximum absolute atomic E-state index is 13.1. The topological polar surface area (TPSA) is 40.5 Å². The Hall–Kier alpha value is -4.38. The Morgan fingerprint density at radius 2 is 1.54 bits per heavy atom. The van der Waals surface area contributed by atoms with E-state index >= 15 is 0 Å². The number of hydrogen-bond acceptors (Lipinski definition) is 3. The number of aromatic nitrogens is 1. The lowest BCUT2D eigenvalue weighted by Crippen LogP contribution is -2.05. The van der Waals surface area contributed by atoms with Crippen LogP contribution in [0.4, 0.5) is 4.39 Å². The van der Waals surface area contributed by atoms with Crippen LogP contribution in [0.2, 0.25) is 0 Å². The van der Waals surface area contributed by atoms with Crippen LogP contribution in [0.3, 0.4) is 0 Å². The van der Waals surface area contributed by atoms with Crippen LogP contribution in [0, 0.1) is 5.82 Å². The number of halogens is 1. The van der Waals surface area contributed by atoms with Gasteiger partial charge in [-0.2, -0.15) is 0 Å². The minimum atomic E-state index is -0.278. The van der Waals surface area contributed by atoms with Crippen molar-refractivity contribution < 1.29 is 18.7 Å². The normalized spacial score (nSPS) is 11.0. The second kappa shape index (κ2) is 12.4. The van der Waals surface area contributed by atoms with Crippen molar-refractivity contribution in [2.45, 2.75) is 39.2 Å². The highest BCUT2D eigenvalue weighted by Gasteiger charge is 2.12. The predicted octanol–water partition coefficient (Wildman–Crippen LogP) is 7.63. The molecule has 0 N–H and O–H groups in total. The molecular formula is C34H32FNO3. The van der Waals surface area contributed by atoms with E-state index in [9.17, 15) is 9.18 Å². The molecule has 4 nitrogen and oxygen atoms in total. The minimum Gasteiger partial charge on any atom is -0.489 e. The second-order valence-electron chi connectivity index (χ2n) is 9.58. The minimum absolute atomic E-state index is 0.164. The first-order chi connectivity index (χ1) is 19.1. The van der Waals surface area contributed by atoms with Crippen LogP contribution in [-0.4, -0.2) is 17.1 Å². The second-order valence-corrected chi connectivity index (χ2v) is 9.58. The molecule has 0 atom stereocenters. The van der Waals surface area contributed by atoms with E-state index < -0.39 is 0 Å². The van der Waals surface area contributed by atoms with E-state index in [-0.39, 0.29) is 11.8 Å². The molecule has 1 aromatic heterocycles. The average molecular weight is 522 g/mol. The molecule has 198 valence electrons. The molecule has 0 unspecified atom stereocenters. The van der Waals surface area contributed by atoms with Gasteiger partial charge in [-0.05, 0) is 97.0 Å². The van der Waals surface area contributed by atoms with Crippen LogP contribution < -0.4 is 4.74 Å². The van der Waals surface area contributed by atoms with E-state index in [0.29, 0.717) is 31.8 Å². The first-order valence-electron chi connectivity index (χ1n) is 13.4. The lowest BCUT2D eigenvalue weighted by molar-refractivity contribution is -0.143. The SMILES string of the molecule is CCOC(=O)CCc1ccc2c(c1)c(CCc1ccccc1)cn2-c1ccc(COc2ccc(F)cc2)cc1. The van der Waals surface area contributed by atoms with Gasteiger partial charge in [-0.15, -0.1) is 0 Å². The zero-order valence-corrected chi connectivity index (χ0v) is 22.1. The zero-order chi connectivity index (χ0) is 27.0. The van der Waals surface area contributed by atoms with Crippen LogP contribution in [-0.2, 0) is 35.4 Å². The summed E-state index contributed by atoms with van der Waals surface area (Å²) >= 11 is 0. The largest absolute Gasteiger partial charge is 0.489 e. The van der Waals surface area contributed by atoms with Gasteiger partial charge >= 0.3 is 5.97 Å². The van der Waals surface area contributed by atoms with E-state index in [0.717, 1.165) is 35.2 Å². The number of fused-ring (bicyclic) bond motifs is 1. The fourth-order valence-corrected chi connectivity index (χ4v) is 4.77. The molecule has 0 amide bonds. The van der Waals surface area contributed by atoms with Crippen LogP contribution in [0.25, 0.3) is 16.6 Å².